The molecule has 6 nitrogen and oxygen atoms in total. The lowest BCUT2D eigenvalue weighted by molar-refractivity contribution is 0.0680. The number of carbonyl (C=O) groups excluding carboxylic acids is 1. The van der Waals surface area contributed by atoms with Gasteiger partial charge in [-0.15, -0.1) is 0 Å². The number of aromatic nitrogens is 3. The van der Waals surface area contributed by atoms with Gasteiger partial charge in [-0.05, 0) is 49.7 Å². The lowest BCUT2D eigenvalue weighted by atomic mass is 10.1. The first-order valence-electron chi connectivity index (χ1n) is 9.16. The Balaban J connectivity index is 1.80. The van der Waals surface area contributed by atoms with E-state index in [2.05, 4.69) is 15.0 Å². The summed E-state index contributed by atoms with van der Waals surface area (Å²) in [6.07, 6.45) is 3.46. The van der Waals surface area contributed by atoms with Crippen LogP contribution in [0.5, 0.6) is 0 Å². The van der Waals surface area contributed by atoms with Crippen molar-refractivity contribution >= 4 is 5.91 Å². The number of hydrogen-bond donors (Lipinski definition) is 0. The van der Waals surface area contributed by atoms with E-state index in [0.717, 1.165) is 22.5 Å². The lowest BCUT2D eigenvalue weighted by Crippen LogP contribution is -2.33. The Morgan fingerprint density at radius 2 is 1.64 bits per heavy atom. The maximum Gasteiger partial charge on any atom is 0.254 e. The number of carbonyl (C=O) groups is 1. The van der Waals surface area contributed by atoms with Gasteiger partial charge in [0.2, 0.25) is 0 Å². The van der Waals surface area contributed by atoms with Crippen LogP contribution in [0, 0.1) is 13.8 Å². The molecule has 0 atom stereocenters. The summed E-state index contributed by atoms with van der Waals surface area (Å²) >= 11 is 0. The van der Waals surface area contributed by atoms with E-state index in [4.69, 9.17) is 4.74 Å². The van der Waals surface area contributed by atoms with E-state index in [1.54, 1.807) is 24.4 Å². The highest BCUT2D eigenvalue weighted by atomic mass is 16.5. The number of benzene rings is 1. The van der Waals surface area contributed by atoms with Crippen molar-refractivity contribution in [3.63, 3.8) is 0 Å². The van der Waals surface area contributed by atoms with Gasteiger partial charge in [-0.2, -0.15) is 0 Å². The van der Waals surface area contributed by atoms with Crippen LogP contribution in [0.2, 0.25) is 0 Å². The molecule has 1 amide bonds. The van der Waals surface area contributed by atoms with Crippen LogP contribution in [0.1, 0.15) is 27.3 Å². The molecular weight excluding hydrogens is 352 g/mol. The summed E-state index contributed by atoms with van der Waals surface area (Å²) in [5.74, 6) is 0.631. The fourth-order valence-electron chi connectivity index (χ4n) is 2.96. The molecule has 3 rings (SSSR count). The zero-order valence-electron chi connectivity index (χ0n) is 16.4. The normalized spacial score (nSPS) is 10.7. The number of pyridine rings is 1. The first-order valence-corrected chi connectivity index (χ1v) is 9.16. The number of methoxy groups -OCH3 is 1. The Kier molecular flexibility index (Phi) is 6.45. The lowest BCUT2D eigenvalue weighted by Gasteiger charge is -2.22. The van der Waals surface area contributed by atoms with Crippen molar-refractivity contribution in [2.45, 2.75) is 20.4 Å². The fraction of sp³-hybridized carbons (Fsp3) is 0.273. The van der Waals surface area contributed by atoms with Crippen molar-refractivity contribution in [3.05, 3.63) is 77.4 Å². The Bertz CT molecular complexity index is 907. The smallest absolute Gasteiger partial charge is 0.254 e. The minimum atomic E-state index is -0.0400. The van der Waals surface area contributed by atoms with Crippen molar-refractivity contribution in [2.75, 3.05) is 20.3 Å². The van der Waals surface area contributed by atoms with Gasteiger partial charge in [0.05, 0.1) is 6.61 Å². The van der Waals surface area contributed by atoms with Crippen LogP contribution in [0.3, 0.4) is 0 Å². The molecule has 0 fully saturated rings. The van der Waals surface area contributed by atoms with Crippen LogP contribution < -0.4 is 0 Å². The number of nitrogens with zero attached hydrogens (tertiary/aromatic N) is 4. The van der Waals surface area contributed by atoms with Crippen LogP contribution in [-0.4, -0.2) is 46.0 Å². The third kappa shape index (κ3) is 4.98. The van der Waals surface area contributed by atoms with Crippen molar-refractivity contribution in [2.24, 2.45) is 0 Å². The average Bonchev–Trinajstić information content (AvgIpc) is 2.71. The standard InChI is InChI=1S/C22H24N4O2/c1-16-14-17(2)25-21(24-16)19-4-6-20(7-5-19)22(27)26(12-13-28-3)15-18-8-10-23-11-9-18/h4-11,14H,12-13,15H2,1-3H3. The predicted molar refractivity (Wildman–Crippen MR) is 108 cm³/mol. The van der Waals surface area contributed by atoms with Gasteiger partial charge < -0.3 is 9.64 Å². The third-order valence-electron chi connectivity index (χ3n) is 4.35. The minimum absolute atomic E-state index is 0.0400. The molecule has 0 bridgehead atoms. The van der Waals surface area contributed by atoms with E-state index in [1.807, 2.05) is 56.3 Å². The molecule has 28 heavy (non-hydrogen) atoms. The van der Waals surface area contributed by atoms with E-state index in [-0.39, 0.29) is 5.91 Å². The second-order valence-electron chi connectivity index (χ2n) is 6.63. The molecule has 0 aliphatic carbocycles. The summed E-state index contributed by atoms with van der Waals surface area (Å²) in [5, 5.41) is 0. The molecular formula is C22H24N4O2. The molecule has 0 saturated carbocycles. The van der Waals surface area contributed by atoms with Crippen molar-refractivity contribution < 1.29 is 9.53 Å². The first-order chi connectivity index (χ1) is 13.6. The van der Waals surface area contributed by atoms with E-state index in [0.29, 0.717) is 31.1 Å². The molecule has 2 heterocycles. The molecule has 1 aromatic carbocycles. The predicted octanol–water partition coefficient (Wildman–Crippen LogP) is 3.44. The number of amides is 1. The maximum absolute atomic E-state index is 13.0. The summed E-state index contributed by atoms with van der Waals surface area (Å²) in [7, 11) is 1.63. The Morgan fingerprint density at radius 1 is 1.00 bits per heavy atom. The topological polar surface area (TPSA) is 68.2 Å². The van der Waals surface area contributed by atoms with Gasteiger partial charge in [-0.25, -0.2) is 9.97 Å². The summed E-state index contributed by atoms with van der Waals surface area (Å²) in [6, 6.07) is 13.2. The largest absolute Gasteiger partial charge is 0.383 e. The number of aryl methyl sites for hydroxylation is 2. The molecule has 0 N–H and O–H groups in total. The third-order valence-corrected chi connectivity index (χ3v) is 4.35. The quantitative estimate of drug-likeness (QED) is 0.632. The maximum atomic E-state index is 13.0. The molecule has 0 aliphatic rings. The highest BCUT2D eigenvalue weighted by Crippen LogP contribution is 2.18. The van der Waals surface area contributed by atoms with Gasteiger partial charge in [0.15, 0.2) is 5.82 Å². The summed E-state index contributed by atoms with van der Waals surface area (Å²) in [6.45, 7) is 5.39. The van der Waals surface area contributed by atoms with Crippen LogP contribution in [0.25, 0.3) is 11.4 Å². The zero-order chi connectivity index (χ0) is 19.9. The van der Waals surface area contributed by atoms with Gasteiger partial charge >= 0.3 is 0 Å². The summed E-state index contributed by atoms with van der Waals surface area (Å²) in [4.78, 5) is 27.8. The number of rotatable bonds is 7. The van der Waals surface area contributed by atoms with E-state index >= 15 is 0 Å². The summed E-state index contributed by atoms with van der Waals surface area (Å²) in [5.41, 5.74) is 4.38. The van der Waals surface area contributed by atoms with Gasteiger partial charge in [-0.3, -0.25) is 9.78 Å². The van der Waals surface area contributed by atoms with Crippen molar-refractivity contribution in [1.29, 1.82) is 0 Å². The van der Waals surface area contributed by atoms with Crippen molar-refractivity contribution in [3.8, 4) is 11.4 Å². The second-order valence-corrected chi connectivity index (χ2v) is 6.63. The van der Waals surface area contributed by atoms with Crippen LogP contribution >= 0.6 is 0 Å². The molecule has 0 aliphatic heterocycles. The average molecular weight is 376 g/mol. The van der Waals surface area contributed by atoms with Gasteiger partial charge in [0.1, 0.15) is 0 Å². The summed E-state index contributed by atoms with van der Waals surface area (Å²) < 4.78 is 5.17. The molecule has 0 saturated heterocycles. The molecule has 144 valence electrons. The number of hydrogen-bond acceptors (Lipinski definition) is 5. The second kappa shape index (κ2) is 9.19. The molecule has 0 spiro atoms. The molecule has 6 heteroatoms. The Morgan fingerprint density at radius 3 is 2.25 bits per heavy atom. The number of ether oxygens (including phenoxy) is 1. The molecule has 0 unspecified atom stereocenters. The van der Waals surface area contributed by atoms with Gasteiger partial charge in [0, 0.05) is 55.1 Å². The van der Waals surface area contributed by atoms with Crippen LogP contribution in [-0.2, 0) is 11.3 Å². The first kappa shape index (κ1) is 19.6. The van der Waals surface area contributed by atoms with E-state index < -0.39 is 0 Å². The monoisotopic (exact) mass is 376 g/mol. The van der Waals surface area contributed by atoms with Crippen LogP contribution in [0.15, 0.2) is 54.9 Å². The SMILES string of the molecule is COCCN(Cc1ccncc1)C(=O)c1ccc(-c2nc(C)cc(C)n2)cc1. The van der Waals surface area contributed by atoms with Crippen LogP contribution in [0.4, 0.5) is 0 Å². The minimum Gasteiger partial charge on any atom is -0.383 e. The van der Waals surface area contributed by atoms with E-state index in [1.165, 1.54) is 0 Å². The van der Waals surface area contributed by atoms with E-state index in [9.17, 15) is 4.79 Å². The zero-order valence-corrected chi connectivity index (χ0v) is 16.4. The highest BCUT2D eigenvalue weighted by molar-refractivity contribution is 5.94. The Labute approximate surface area is 165 Å². The van der Waals surface area contributed by atoms with Crippen molar-refractivity contribution in [1.82, 2.24) is 19.9 Å². The molecule has 3 aromatic rings. The van der Waals surface area contributed by atoms with Gasteiger partial charge in [0.25, 0.3) is 5.91 Å². The fourth-order valence-corrected chi connectivity index (χ4v) is 2.96. The molecule has 0 radical (unpaired) electrons. The molecule has 2 aromatic heterocycles. The highest BCUT2D eigenvalue weighted by Gasteiger charge is 2.16. The van der Waals surface area contributed by atoms with Gasteiger partial charge in [-0.1, -0.05) is 12.1 Å². The Hall–Kier alpha value is -3.12.